The van der Waals surface area contributed by atoms with E-state index in [1.807, 2.05) is 23.9 Å². The van der Waals surface area contributed by atoms with Crippen molar-refractivity contribution in [1.82, 2.24) is 10.1 Å². The van der Waals surface area contributed by atoms with Crippen LogP contribution in [0.25, 0.3) is 0 Å². The molecule has 0 spiro atoms. The first-order valence-electron chi connectivity index (χ1n) is 6.53. The summed E-state index contributed by atoms with van der Waals surface area (Å²) in [6, 6.07) is 7.14. The molecule has 1 aliphatic rings. The molecule has 1 aliphatic heterocycles. The Morgan fingerprint density at radius 2 is 2.32 bits per heavy atom. The highest BCUT2D eigenvalue weighted by Gasteiger charge is 2.21. The third-order valence-corrected chi connectivity index (χ3v) is 4.59. The monoisotopic (exact) mass is 276 g/mol. The zero-order chi connectivity index (χ0) is 13.1. The molecular weight excluding hydrogens is 260 g/mol. The second-order valence-corrected chi connectivity index (χ2v) is 6.06. The Morgan fingerprint density at radius 3 is 3.11 bits per heavy atom. The van der Waals surface area contributed by atoms with E-state index in [4.69, 9.17) is 4.52 Å². The molecule has 1 fully saturated rings. The molecule has 1 unspecified atom stereocenters. The van der Waals surface area contributed by atoms with E-state index in [1.54, 1.807) is 12.1 Å². The van der Waals surface area contributed by atoms with Crippen LogP contribution >= 0.6 is 11.8 Å². The van der Waals surface area contributed by atoms with E-state index >= 15 is 0 Å². The predicted molar refractivity (Wildman–Crippen MR) is 74.3 cm³/mol. The van der Waals surface area contributed by atoms with Crippen molar-refractivity contribution in [2.45, 2.75) is 30.9 Å². The van der Waals surface area contributed by atoms with Gasteiger partial charge in [-0.05, 0) is 36.3 Å². The van der Waals surface area contributed by atoms with Crippen molar-refractivity contribution in [1.29, 1.82) is 0 Å². The third-order valence-electron chi connectivity index (χ3n) is 3.22. The molecule has 19 heavy (non-hydrogen) atoms. The van der Waals surface area contributed by atoms with Crippen molar-refractivity contribution >= 4 is 11.8 Å². The molecule has 1 aromatic heterocycles. The first-order valence-corrected chi connectivity index (χ1v) is 7.58. The summed E-state index contributed by atoms with van der Waals surface area (Å²) in [5, 5.41) is 13.9. The number of benzene rings is 1. The maximum Gasteiger partial charge on any atom is 0.231 e. The van der Waals surface area contributed by atoms with Gasteiger partial charge in [0.1, 0.15) is 5.75 Å². The number of hydrogen-bond donors (Lipinski definition) is 1. The van der Waals surface area contributed by atoms with Crippen molar-refractivity contribution in [3.8, 4) is 5.75 Å². The lowest BCUT2D eigenvalue weighted by Crippen LogP contribution is -2.03. The molecule has 0 aliphatic carbocycles. The molecule has 3 rings (SSSR count). The van der Waals surface area contributed by atoms with E-state index in [1.165, 1.54) is 18.6 Å². The summed E-state index contributed by atoms with van der Waals surface area (Å²) in [7, 11) is 0. The topological polar surface area (TPSA) is 59.2 Å². The maximum absolute atomic E-state index is 9.43. The van der Waals surface area contributed by atoms with Gasteiger partial charge in [0, 0.05) is 0 Å². The molecule has 2 heterocycles. The molecule has 2 aromatic rings. The van der Waals surface area contributed by atoms with Gasteiger partial charge >= 0.3 is 0 Å². The average Bonchev–Trinajstić information content (AvgIpc) is 2.88. The van der Waals surface area contributed by atoms with Crippen molar-refractivity contribution in [3.63, 3.8) is 0 Å². The van der Waals surface area contributed by atoms with E-state index in [0.29, 0.717) is 17.6 Å². The fourth-order valence-electron chi connectivity index (χ4n) is 2.26. The SMILES string of the molecule is Oc1cccc(Cc2nc(C3CCCCS3)no2)c1. The number of aromatic hydroxyl groups is 1. The van der Waals surface area contributed by atoms with Gasteiger partial charge in [-0.3, -0.25) is 0 Å². The van der Waals surface area contributed by atoms with Crippen LogP contribution in [0.2, 0.25) is 0 Å². The number of rotatable bonds is 3. The minimum Gasteiger partial charge on any atom is -0.508 e. The van der Waals surface area contributed by atoms with Crippen LogP contribution in [0.3, 0.4) is 0 Å². The second-order valence-electron chi connectivity index (χ2n) is 4.75. The molecule has 0 radical (unpaired) electrons. The Balaban J connectivity index is 1.70. The highest BCUT2D eigenvalue weighted by Crippen LogP contribution is 2.36. The first kappa shape index (κ1) is 12.5. The zero-order valence-electron chi connectivity index (χ0n) is 10.6. The predicted octanol–water partition coefficient (Wildman–Crippen LogP) is 3.32. The lowest BCUT2D eigenvalue weighted by Gasteiger charge is -2.17. The lowest BCUT2D eigenvalue weighted by atomic mass is 10.1. The summed E-state index contributed by atoms with van der Waals surface area (Å²) in [6.07, 6.45) is 4.23. The molecule has 4 nitrogen and oxygen atoms in total. The summed E-state index contributed by atoms with van der Waals surface area (Å²) in [6.45, 7) is 0. The van der Waals surface area contributed by atoms with E-state index in [9.17, 15) is 5.11 Å². The summed E-state index contributed by atoms with van der Waals surface area (Å²) in [5.74, 6) is 2.88. The second kappa shape index (κ2) is 5.65. The van der Waals surface area contributed by atoms with Gasteiger partial charge in [-0.2, -0.15) is 16.7 Å². The Morgan fingerprint density at radius 1 is 1.37 bits per heavy atom. The van der Waals surface area contributed by atoms with Crippen LogP contribution in [-0.2, 0) is 6.42 Å². The molecule has 0 saturated carbocycles. The number of nitrogens with zero attached hydrogens (tertiary/aromatic N) is 2. The number of hydrogen-bond acceptors (Lipinski definition) is 5. The lowest BCUT2D eigenvalue weighted by molar-refractivity contribution is 0.378. The van der Waals surface area contributed by atoms with Crippen molar-refractivity contribution in [2.24, 2.45) is 0 Å². The summed E-state index contributed by atoms with van der Waals surface area (Å²) in [4.78, 5) is 4.48. The Hall–Kier alpha value is -1.49. The minimum atomic E-state index is 0.264. The summed E-state index contributed by atoms with van der Waals surface area (Å²) >= 11 is 1.91. The number of phenolic OH excluding ortho intramolecular Hbond substituents is 1. The van der Waals surface area contributed by atoms with Crippen LogP contribution < -0.4 is 0 Å². The molecule has 0 bridgehead atoms. The summed E-state index contributed by atoms with van der Waals surface area (Å²) < 4.78 is 5.31. The molecule has 1 atom stereocenters. The zero-order valence-corrected chi connectivity index (χ0v) is 11.4. The van der Waals surface area contributed by atoms with Gasteiger partial charge < -0.3 is 9.63 Å². The highest BCUT2D eigenvalue weighted by atomic mass is 32.2. The van der Waals surface area contributed by atoms with Crippen molar-refractivity contribution in [2.75, 3.05) is 5.75 Å². The van der Waals surface area contributed by atoms with E-state index in [2.05, 4.69) is 10.1 Å². The van der Waals surface area contributed by atoms with E-state index in [0.717, 1.165) is 17.8 Å². The van der Waals surface area contributed by atoms with E-state index < -0.39 is 0 Å². The largest absolute Gasteiger partial charge is 0.508 e. The van der Waals surface area contributed by atoms with Gasteiger partial charge in [-0.15, -0.1) is 0 Å². The standard InChI is InChI=1S/C14H16N2O2S/c17-11-5-3-4-10(8-11)9-13-15-14(16-18-13)12-6-1-2-7-19-12/h3-5,8,12,17H,1-2,6-7,9H2. The number of aromatic nitrogens is 2. The normalized spacial score (nSPS) is 19.5. The smallest absolute Gasteiger partial charge is 0.231 e. The molecule has 0 amide bonds. The quantitative estimate of drug-likeness (QED) is 0.931. The van der Waals surface area contributed by atoms with Gasteiger partial charge in [0.15, 0.2) is 5.82 Å². The minimum absolute atomic E-state index is 0.264. The van der Waals surface area contributed by atoms with Crippen molar-refractivity contribution < 1.29 is 9.63 Å². The van der Waals surface area contributed by atoms with Crippen LogP contribution in [0.15, 0.2) is 28.8 Å². The fraction of sp³-hybridized carbons (Fsp3) is 0.429. The van der Waals surface area contributed by atoms with Gasteiger partial charge in [0.05, 0.1) is 11.7 Å². The molecule has 1 N–H and O–H groups in total. The molecule has 1 saturated heterocycles. The van der Waals surface area contributed by atoms with Gasteiger partial charge in [0.25, 0.3) is 0 Å². The highest BCUT2D eigenvalue weighted by molar-refractivity contribution is 7.99. The van der Waals surface area contributed by atoms with Crippen LogP contribution in [0.1, 0.15) is 41.8 Å². The molecular formula is C14H16N2O2S. The number of thioether (sulfide) groups is 1. The summed E-state index contributed by atoms with van der Waals surface area (Å²) in [5.41, 5.74) is 0.978. The molecule has 5 heteroatoms. The molecule has 1 aromatic carbocycles. The fourth-order valence-corrected chi connectivity index (χ4v) is 3.49. The Kier molecular flexibility index (Phi) is 3.73. The van der Waals surface area contributed by atoms with Crippen LogP contribution in [0.5, 0.6) is 5.75 Å². The van der Waals surface area contributed by atoms with Crippen LogP contribution in [0.4, 0.5) is 0 Å². The van der Waals surface area contributed by atoms with Gasteiger partial charge in [-0.1, -0.05) is 23.7 Å². The van der Waals surface area contributed by atoms with Gasteiger partial charge in [0.2, 0.25) is 5.89 Å². The van der Waals surface area contributed by atoms with E-state index in [-0.39, 0.29) is 5.75 Å². The third kappa shape index (κ3) is 3.10. The maximum atomic E-state index is 9.43. The van der Waals surface area contributed by atoms with Crippen LogP contribution in [-0.4, -0.2) is 21.0 Å². The first-order chi connectivity index (χ1) is 9.31. The Labute approximate surface area is 116 Å². The number of phenols is 1. The van der Waals surface area contributed by atoms with Crippen molar-refractivity contribution in [3.05, 3.63) is 41.5 Å². The van der Waals surface area contributed by atoms with Crippen LogP contribution in [0, 0.1) is 0 Å². The average molecular weight is 276 g/mol. The Bertz CT molecular complexity index is 550. The molecule has 100 valence electrons. The van der Waals surface area contributed by atoms with Gasteiger partial charge in [-0.25, -0.2) is 0 Å².